The van der Waals surface area contributed by atoms with E-state index in [4.69, 9.17) is 14.2 Å². The van der Waals surface area contributed by atoms with Crippen molar-refractivity contribution in [2.45, 2.75) is 27.3 Å². The Morgan fingerprint density at radius 3 is 2.26 bits per heavy atom. The van der Waals surface area contributed by atoms with Crippen molar-refractivity contribution >= 4 is 21.6 Å². The summed E-state index contributed by atoms with van der Waals surface area (Å²) in [6.07, 6.45) is 1.06. The van der Waals surface area contributed by atoms with Crippen LogP contribution in [0, 0.1) is 6.92 Å². The number of hydrogen-bond donors (Lipinski definition) is 1. The molecule has 0 aliphatic rings. The molecule has 0 aliphatic heterocycles. The zero-order chi connectivity index (χ0) is 23.0. The summed E-state index contributed by atoms with van der Waals surface area (Å²) in [5.41, 5.74) is 1.97. The van der Waals surface area contributed by atoms with Gasteiger partial charge in [-0.1, -0.05) is 12.1 Å². The Labute approximate surface area is 184 Å². The van der Waals surface area contributed by atoms with Gasteiger partial charge in [0.1, 0.15) is 12.3 Å². The van der Waals surface area contributed by atoms with E-state index in [1.807, 2.05) is 32.9 Å². The molecule has 2 aromatic carbocycles. The van der Waals surface area contributed by atoms with Gasteiger partial charge in [-0.2, -0.15) is 0 Å². The smallest absolute Gasteiger partial charge is 0.241 e. The highest BCUT2D eigenvalue weighted by molar-refractivity contribution is 7.92. The molecule has 0 radical (unpaired) electrons. The molecule has 0 saturated carbocycles. The molecule has 2 rings (SSSR count). The lowest BCUT2D eigenvalue weighted by atomic mass is 10.2. The van der Waals surface area contributed by atoms with E-state index in [-0.39, 0.29) is 13.1 Å². The fraction of sp³-hybridized carbons (Fsp3) is 0.409. The average Bonchev–Trinajstić information content (AvgIpc) is 2.71. The summed E-state index contributed by atoms with van der Waals surface area (Å²) < 4.78 is 42.3. The van der Waals surface area contributed by atoms with Crippen LogP contribution in [0.15, 0.2) is 36.4 Å². The minimum absolute atomic E-state index is 0.216. The average molecular weight is 451 g/mol. The van der Waals surface area contributed by atoms with Gasteiger partial charge in [0.25, 0.3) is 0 Å². The molecular formula is C22H30N2O6S. The zero-order valence-electron chi connectivity index (χ0n) is 18.6. The number of carbonyl (C=O) groups is 1. The molecule has 1 N–H and O–H groups in total. The summed E-state index contributed by atoms with van der Waals surface area (Å²) in [6.45, 7) is 6.45. The normalized spacial score (nSPS) is 11.0. The van der Waals surface area contributed by atoms with Gasteiger partial charge >= 0.3 is 0 Å². The number of amides is 1. The maximum atomic E-state index is 12.6. The number of ether oxygens (including phenoxy) is 3. The molecule has 0 spiro atoms. The van der Waals surface area contributed by atoms with Crippen LogP contribution in [0.3, 0.4) is 0 Å². The number of nitrogens with zero attached hydrogens (tertiary/aromatic N) is 1. The predicted molar refractivity (Wildman–Crippen MR) is 121 cm³/mol. The Kier molecular flexibility index (Phi) is 8.56. The minimum atomic E-state index is -3.72. The molecule has 2 aromatic rings. The second-order valence-electron chi connectivity index (χ2n) is 6.87. The molecule has 0 bridgehead atoms. The lowest BCUT2D eigenvalue weighted by Crippen LogP contribution is -2.40. The van der Waals surface area contributed by atoms with Crippen molar-refractivity contribution in [3.63, 3.8) is 0 Å². The van der Waals surface area contributed by atoms with Crippen molar-refractivity contribution in [1.82, 2.24) is 5.32 Å². The lowest BCUT2D eigenvalue weighted by Gasteiger charge is -2.24. The van der Waals surface area contributed by atoms with Crippen LogP contribution in [-0.4, -0.2) is 47.4 Å². The molecule has 0 fully saturated rings. The highest BCUT2D eigenvalue weighted by atomic mass is 32.2. The van der Waals surface area contributed by atoms with Crippen molar-refractivity contribution in [2.24, 2.45) is 0 Å². The van der Waals surface area contributed by atoms with Gasteiger partial charge < -0.3 is 19.5 Å². The van der Waals surface area contributed by atoms with Crippen LogP contribution < -0.4 is 23.8 Å². The van der Waals surface area contributed by atoms with Gasteiger partial charge in [-0.25, -0.2) is 8.42 Å². The van der Waals surface area contributed by atoms with Crippen LogP contribution >= 0.6 is 0 Å². The summed E-state index contributed by atoms with van der Waals surface area (Å²) in [6, 6.07) is 10.6. The third-order valence-corrected chi connectivity index (χ3v) is 5.51. The van der Waals surface area contributed by atoms with E-state index in [9.17, 15) is 13.2 Å². The van der Waals surface area contributed by atoms with Gasteiger partial charge in [0.2, 0.25) is 15.9 Å². The monoisotopic (exact) mass is 450 g/mol. The third kappa shape index (κ3) is 6.78. The molecule has 1 amide bonds. The second kappa shape index (κ2) is 10.9. The van der Waals surface area contributed by atoms with Crippen molar-refractivity contribution in [1.29, 1.82) is 0 Å². The number of anilines is 1. The van der Waals surface area contributed by atoms with Crippen LogP contribution in [0.4, 0.5) is 5.69 Å². The fourth-order valence-electron chi connectivity index (χ4n) is 2.97. The number of methoxy groups -OCH3 is 1. The number of sulfonamides is 1. The first-order chi connectivity index (χ1) is 14.7. The maximum Gasteiger partial charge on any atom is 0.241 e. The van der Waals surface area contributed by atoms with Crippen LogP contribution in [-0.2, 0) is 21.4 Å². The van der Waals surface area contributed by atoms with Crippen molar-refractivity contribution in [3.05, 3.63) is 47.5 Å². The van der Waals surface area contributed by atoms with Gasteiger partial charge in [0, 0.05) is 6.54 Å². The van der Waals surface area contributed by atoms with E-state index in [2.05, 4.69) is 5.32 Å². The fourth-order valence-corrected chi connectivity index (χ4v) is 3.82. The summed E-state index contributed by atoms with van der Waals surface area (Å²) in [5, 5.41) is 2.76. The van der Waals surface area contributed by atoms with E-state index >= 15 is 0 Å². The molecule has 0 unspecified atom stereocenters. The number of carbonyl (C=O) groups excluding carboxylic acids is 1. The van der Waals surface area contributed by atoms with E-state index in [1.54, 1.807) is 24.3 Å². The Balaban J connectivity index is 2.16. The molecular weight excluding hydrogens is 420 g/mol. The maximum absolute atomic E-state index is 12.6. The first-order valence-corrected chi connectivity index (χ1v) is 11.8. The van der Waals surface area contributed by atoms with Gasteiger partial charge in [-0.3, -0.25) is 9.10 Å². The zero-order valence-corrected chi connectivity index (χ0v) is 19.4. The Morgan fingerprint density at radius 1 is 1.00 bits per heavy atom. The number of rotatable bonds is 11. The van der Waals surface area contributed by atoms with E-state index in [1.165, 1.54) is 7.11 Å². The minimum Gasteiger partial charge on any atom is -0.495 e. The SMILES string of the molecule is CCOc1ccc(CNC(=O)CN(c2cc(C)ccc2OC)S(C)(=O)=O)cc1OCC. The van der Waals surface area contributed by atoms with Crippen LogP contribution in [0.5, 0.6) is 17.2 Å². The van der Waals surface area contributed by atoms with Crippen molar-refractivity contribution in [2.75, 3.05) is 37.4 Å². The highest BCUT2D eigenvalue weighted by Gasteiger charge is 2.24. The summed E-state index contributed by atoms with van der Waals surface area (Å²) in [5.74, 6) is 1.16. The predicted octanol–water partition coefficient (Wildman–Crippen LogP) is 2.88. The standard InChI is InChI=1S/C22H30N2O6S/c1-6-29-20-11-9-17(13-21(20)30-7-2)14-23-22(25)15-24(31(5,26)27)18-12-16(3)8-10-19(18)28-4/h8-13H,6-7,14-15H2,1-5H3,(H,23,25). The van der Waals surface area contributed by atoms with E-state index in [0.717, 1.165) is 21.7 Å². The second-order valence-corrected chi connectivity index (χ2v) is 8.78. The molecule has 170 valence electrons. The Hall–Kier alpha value is -2.94. The summed E-state index contributed by atoms with van der Waals surface area (Å²) in [7, 11) is -2.26. The first kappa shape index (κ1) is 24.3. The van der Waals surface area contributed by atoms with Gasteiger partial charge in [0.15, 0.2) is 11.5 Å². The quantitative estimate of drug-likeness (QED) is 0.566. The number of nitrogens with one attached hydrogen (secondary N) is 1. The van der Waals surface area contributed by atoms with Crippen molar-refractivity contribution < 1.29 is 27.4 Å². The van der Waals surface area contributed by atoms with E-state index < -0.39 is 15.9 Å². The number of aryl methyl sites for hydroxylation is 1. The summed E-state index contributed by atoms with van der Waals surface area (Å²) >= 11 is 0. The van der Waals surface area contributed by atoms with Crippen LogP contribution in [0.25, 0.3) is 0 Å². The first-order valence-electron chi connectivity index (χ1n) is 9.97. The molecule has 0 saturated heterocycles. The number of hydrogen-bond acceptors (Lipinski definition) is 6. The molecule has 0 heterocycles. The summed E-state index contributed by atoms with van der Waals surface area (Å²) in [4.78, 5) is 12.6. The van der Waals surface area contributed by atoms with Crippen LogP contribution in [0.1, 0.15) is 25.0 Å². The van der Waals surface area contributed by atoms with Crippen molar-refractivity contribution in [3.8, 4) is 17.2 Å². The Morgan fingerprint density at radius 2 is 1.65 bits per heavy atom. The largest absolute Gasteiger partial charge is 0.495 e. The topological polar surface area (TPSA) is 94.2 Å². The number of benzene rings is 2. The molecule has 31 heavy (non-hydrogen) atoms. The van der Waals surface area contributed by atoms with Gasteiger partial charge in [-0.05, 0) is 56.2 Å². The molecule has 8 nitrogen and oxygen atoms in total. The highest BCUT2D eigenvalue weighted by Crippen LogP contribution is 2.31. The Bertz CT molecular complexity index is 1010. The van der Waals surface area contributed by atoms with Gasteiger partial charge in [-0.15, -0.1) is 0 Å². The molecule has 0 aromatic heterocycles. The molecule has 0 atom stereocenters. The molecule has 9 heteroatoms. The third-order valence-electron chi connectivity index (χ3n) is 4.39. The molecule has 0 aliphatic carbocycles. The van der Waals surface area contributed by atoms with Gasteiger partial charge in [0.05, 0.1) is 32.3 Å². The van der Waals surface area contributed by atoms with Crippen LogP contribution in [0.2, 0.25) is 0 Å². The lowest BCUT2D eigenvalue weighted by molar-refractivity contribution is -0.119. The van der Waals surface area contributed by atoms with E-state index in [0.29, 0.717) is 36.1 Å².